The number of nitrogens with zero attached hydrogens (tertiary/aromatic N) is 2. The zero-order valence-corrected chi connectivity index (χ0v) is 8.34. The van der Waals surface area contributed by atoms with Gasteiger partial charge in [-0.15, -0.1) is 0 Å². The molecule has 13 heavy (non-hydrogen) atoms. The van der Waals surface area contributed by atoms with E-state index in [4.69, 9.17) is 16.7 Å². The number of aromatic nitrogens is 2. The molecule has 72 valence electrons. The number of anilines is 1. The Labute approximate surface area is 82.0 Å². The Morgan fingerprint density at radius 2 is 2.31 bits per heavy atom. The second-order valence-corrected chi connectivity index (χ2v) is 3.24. The Bertz CT molecular complexity index is 270. The zero-order chi connectivity index (χ0) is 9.84. The second-order valence-electron chi connectivity index (χ2n) is 2.85. The lowest BCUT2D eigenvalue weighted by Gasteiger charge is -2.07. The van der Waals surface area contributed by atoms with Crippen LogP contribution in [0, 0.1) is 6.92 Å². The molecule has 0 saturated heterocycles. The molecule has 0 fully saturated rings. The van der Waals surface area contributed by atoms with Crippen molar-refractivity contribution in [3.05, 3.63) is 17.0 Å². The highest BCUT2D eigenvalue weighted by Crippen LogP contribution is 2.10. The quantitative estimate of drug-likeness (QED) is 0.723. The minimum Gasteiger partial charge on any atom is -0.392 e. The van der Waals surface area contributed by atoms with Gasteiger partial charge in [0.25, 0.3) is 0 Å². The van der Waals surface area contributed by atoms with Gasteiger partial charge in [0.1, 0.15) is 16.8 Å². The van der Waals surface area contributed by atoms with Crippen LogP contribution in [0.3, 0.4) is 0 Å². The Hall–Kier alpha value is -0.870. The van der Waals surface area contributed by atoms with E-state index in [1.807, 2.05) is 0 Å². The van der Waals surface area contributed by atoms with Gasteiger partial charge in [0.15, 0.2) is 0 Å². The SMILES string of the molecule is Cc1nc(Cl)cc(NC[C@H](C)O)n1. The zero-order valence-electron chi connectivity index (χ0n) is 7.58. The van der Waals surface area contributed by atoms with Gasteiger partial charge < -0.3 is 10.4 Å². The van der Waals surface area contributed by atoms with Crippen molar-refractivity contribution in [2.75, 3.05) is 11.9 Å². The summed E-state index contributed by atoms with van der Waals surface area (Å²) in [4.78, 5) is 8.00. The van der Waals surface area contributed by atoms with Crippen molar-refractivity contribution in [2.24, 2.45) is 0 Å². The maximum atomic E-state index is 9.01. The first-order valence-electron chi connectivity index (χ1n) is 4.01. The molecule has 0 aliphatic heterocycles. The molecule has 2 N–H and O–H groups in total. The Morgan fingerprint density at radius 1 is 1.62 bits per heavy atom. The van der Waals surface area contributed by atoms with Crippen LogP contribution in [-0.2, 0) is 0 Å². The number of hydrogen-bond donors (Lipinski definition) is 2. The molecule has 0 spiro atoms. The fraction of sp³-hybridized carbons (Fsp3) is 0.500. The molecular weight excluding hydrogens is 190 g/mol. The van der Waals surface area contributed by atoms with E-state index in [0.29, 0.717) is 23.3 Å². The molecule has 5 heteroatoms. The van der Waals surface area contributed by atoms with Crippen LogP contribution in [0.1, 0.15) is 12.7 Å². The Balaban J connectivity index is 2.66. The summed E-state index contributed by atoms with van der Waals surface area (Å²) in [6.45, 7) is 3.91. The van der Waals surface area contributed by atoms with E-state index in [9.17, 15) is 0 Å². The predicted molar refractivity (Wildman–Crippen MR) is 51.9 cm³/mol. The maximum absolute atomic E-state index is 9.01. The summed E-state index contributed by atoms with van der Waals surface area (Å²) in [6.07, 6.45) is -0.408. The van der Waals surface area contributed by atoms with Gasteiger partial charge in [0.2, 0.25) is 0 Å². The van der Waals surface area contributed by atoms with Crippen molar-refractivity contribution in [2.45, 2.75) is 20.0 Å². The van der Waals surface area contributed by atoms with Crippen LogP contribution < -0.4 is 5.32 Å². The van der Waals surface area contributed by atoms with Gasteiger partial charge in [0.05, 0.1) is 6.10 Å². The monoisotopic (exact) mass is 201 g/mol. The number of aryl methyl sites for hydroxylation is 1. The molecule has 0 aliphatic rings. The third-order valence-corrected chi connectivity index (χ3v) is 1.58. The summed E-state index contributed by atoms with van der Waals surface area (Å²) < 4.78 is 0. The molecule has 0 aliphatic carbocycles. The van der Waals surface area contributed by atoms with Crippen LogP contribution in [-0.4, -0.2) is 27.7 Å². The molecule has 0 radical (unpaired) electrons. The van der Waals surface area contributed by atoms with E-state index in [2.05, 4.69) is 15.3 Å². The number of nitrogens with one attached hydrogen (secondary N) is 1. The fourth-order valence-electron chi connectivity index (χ4n) is 0.874. The van der Waals surface area contributed by atoms with Crippen LogP contribution in [0.5, 0.6) is 0 Å². The van der Waals surface area contributed by atoms with Gasteiger partial charge in [-0.25, -0.2) is 9.97 Å². The molecule has 1 heterocycles. The van der Waals surface area contributed by atoms with E-state index in [0.717, 1.165) is 0 Å². The van der Waals surface area contributed by atoms with Gasteiger partial charge in [-0.3, -0.25) is 0 Å². The number of aliphatic hydroxyl groups excluding tert-OH is 1. The number of halogens is 1. The van der Waals surface area contributed by atoms with E-state index >= 15 is 0 Å². The average Bonchev–Trinajstić information content (AvgIpc) is 1.99. The van der Waals surface area contributed by atoms with Gasteiger partial charge in [-0.1, -0.05) is 11.6 Å². The van der Waals surface area contributed by atoms with Gasteiger partial charge >= 0.3 is 0 Å². The molecule has 0 bridgehead atoms. The highest BCUT2D eigenvalue weighted by molar-refractivity contribution is 6.29. The van der Waals surface area contributed by atoms with E-state index in [-0.39, 0.29) is 0 Å². The van der Waals surface area contributed by atoms with Crippen molar-refractivity contribution in [3.63, 3.8) is 0 Å². The standard InChI is InChI=1S/C8H12ClN3O/c1-5(13)4-10-8-3-7(9)11-6(2)12-8/h3,5,13H,4H2,1-2H3,(H,10,11,12)/t5-/m0/s1. The lowest BCUT2D eigenvalue weighted by molar-refractivity contribution is 0.208. The van der Waals surface area contributed by atoms with Crippen molar-refractivity contribution < 1.29 is 5.11 Å². The molecule has 1 atom stereocenters. The first kappa shape index (κ1) is 10.2. The van der Waals surface area contributed by atoms with Crippen molar-refractivity contribution in [1.82, 2.24) is 9.97 Å². The summed E-state index contributed by atoms with van der Waals surface area (Å²) in [7, 11) is 0. The number of rotatable bonds is 3. The lowest BCUT2D eigenvalue weighted by Crippen LogP contribution is -2.16. The molecule has 4 nitrogen and oxygen atoms in total. The fourth-order valence-corrected chi connectivity index (χ4v) is 1.10. The van der Waals surface area contributed by atoms with Gasteiger partial charge in [-0.05, 0) is 13.8 Å². The van der Waals surface area contributed by atoms with Crippen LogP contribution in [0.2, 0.25) is 5.15 Å². The summed E-state index contributed by atoms with van der Waals surface area (Å²) in [6, 6.07) is 1.62. The molecule has 0 aromatic carbocycles. The molecule has 0 amide bonds. The van der Waals surface area contributed by atoms with Crippen molar-refractivity contribution in [1.29, 1.82) is 0 Å². The highest BCUT2D eigenvalue weighted by Gasteiger charge is 2.00. The Kier molecular flexibility index (Phi) is 3.45. The Morgan fingerprint density at radius 3 is 2.85 bits per heavy atom. The average molecular weight is 202 g/mol. The highest BCUT2D eigenvalue weighted by atomic mass is 35.5. The van der Waals surface area contributed by atoms with Crippen LogP contribution in [0.15, 0.2) is 6.07 Å². The molecule has 1 aromatic heterocycles. The summed E-state index contributed by atoms with van der Waals surface area (Å²) >= 11 is 5.71. The second kappa shape index (κ2) is 4.39. The summed E-state index contributed by atoms with van der Waals surface area (Å²) in [5.74, 6) is 1.25. The summed E-state index contributed by atoms with van der Waals surface area (Å²) in [5, 5.41) is 12.4. The van der Waals surface area contributed by atoms with Crippen LogP contribution >= 0.6 is 11.6 Å². The first-order valence-corrected chi connectivity index (χ1v) is 4.39. The molecular formula is C8H12ClN3O. The number of aliphatic hydroxyl groups is 1. The molecule has 0 saturated carbocycles. The summed E-state index contributed by atoms with van der Waals surface area (Å²) in [5.41, 5.74) is 0. The minimum absolute atomic E-state index is 0.403. The van der Waals surface area contributed by atoms with Crippen molar-refractivity contribution >= 4 is 17.4 Å². The lowest BCUT2D eigenvalue weighted by atomic mass is 10.4. The van der Waals surface area contributed by atoms with E-state index in [1.165, 1.54) is 0 Å². The topological polar surface area (TPSA) is 58.0 Å². The van der Waals surface area contributed by atoms with Crippen LogP contribution in [0.25, 0.3) is 0 Å². The van der Waals surface area contributed by atoms with Crippen LogP contribution in [0.4, 0.5) is 5.82 Å². The molecule has 1 aromatic rings. The van der Waals surface area contributed by atoms with E-state index in [1.54, 1.807) is 19.9 Å². The first-order chi connectivity index (χ1) is 6.08. The smallest absolute Gasteiger partial charge is 0.134 e. The molecule has 0 unspecified atom stereocenters. The minimum atomic E-state index is -0.408. The third kappa shape index (κ3) is 3.57. The predicted octanol–water partition coefficient (Wildman–Crippen LogP) is 1.23. The largest absolute Gasteiger partial charge is 0.392 e. The number of hydrogen-bond acceptors (Lipinski definition) is 4. The maximum Gasteiger partial charge on any atom is 0.134 e. The normalized spacial score (nSPS) is 12.6. The van der Waals surface area contributed by atoms with Gasteiger partial charge in [0, 0.05) is 12.6 Å². The van der Waals surface area contributed by atoms with Gasteiger partial charge in [-0.2, -0.15) is 0 Å². The third-order valence-electron chi connectivity index (χ3n) is 1.39. The van der Waals surface area contributed by atoms with E-state index < -0.39 is 6.10 Å². The van der Waals surface area contributed by atoms with Crippen molar-refractivity contribution in [3.8, 4) is 0 Å². The molecule has 1 rings (SSSR count).